The van der Waals surface area contributed by atoms with Crippen LogP contribution in [0.4, 0.5) is 0 Å². The third-order valence-corrected chi connectivity index (χ3v) is 1.59. The standard InChI is InChI=1S/C7H9NO/c1-5(8-2)7(9)6-3-4-6/h5-6H,3-4H2,1H3. The van der Waals surface area contributed by atoms with Gasteiger partial charge in [0.1, 0.15) is 0 Å². The van der Waals surface area contributed by atoms with Gasteiger partial charge in [-0.2, -0.15) is 0 Å². The molecule has 0 aromatic rings. The molecule has 1 aliphatic rings. The highest BCUT2D eigenvalue weighted by Gasteiger charge is 2.35. The lowest BCUT2D eigenvalue weighted by atomic mass is 10.1. The number of rotatable bonds is 2. The van der Waals surface area contributed by atoms with E-state index in [1.165, 1.54) is 0 Å². The number of carbonyl (C=O) groups excluding carboxylic acids is 1. The Morgan fingerprint density at radius 2 is 2.33 bits per heavy atom. The summed E-state index contributed by atoms with van der Waals surface area (Å²) in [4.78, 5) is 14.1. The van der Waals surface area contributed by atoms with Crippen LogP contribution in [0.25, 0.3) is 4.85 Å². The average Bonchev–Trinajstić information content (AvgIpc) is 2.66. The smallest absolute Gasteiger partial charge is 0.278 e. The second-order valence-electron chi connectivity index (χ2n) is 2.48. The Hall–Kier alpha value is -0.840. The summed E-state index contributed by atoms with van der Waals surface area (Å²) in [7, 11) is 0. The van der Waals surface area contributed by atoms with Gasteiger partial charge in [0.2, 0.25) is 5.78 Å². The summed E-state index contributed by atoms with van der Waals surface area (Å²) in [5, 5.41) is 0. The minimum Gasteiger partial charge on any atom is -0.306 e. The maximum atomic E-state index is 10.9. The van der Waals surface area contributed by atoms with Crippen LogP contribution in [0.2, 0.25) is 0 Å². The molecule has 0 aliphatic heterocycles. The van der Waals surface area contributed by atoms with Gasteiger partial charge in [-0.15, -0.1) is 0 Å². The molecule has 2 nitrogen and oxygen atoms in total. The van der Waals surface area contributed by atoms with Gasteiger partial charge < -0.3 is 4.85 Å². The highest BCUT2D eigenvalue weighted by molar-refractivity contribution is 5.89. The summed E-state index contributed by atoms with van der Waals surface area (Å²) in [6, 6.07) is -0.391. The Bertz CT molecular complexity index is 164. The molecule has 1 rings (SSSR count). The highest BCUT2D eigenvalue weighted by atomic mass is 16.1. The van der Waals surface area contributed by atoms with Gasteiger partial charge in [0.15, 0.2) is 0 Å². The molecule has 0 bridgehead atoms. The molecule has 1 unspecified atom stereocenters. The molecule has 1 saturated carbocycles. The predicted molar refractivity (Wildman–Crippen MR) is 33.8 cm³/mol. The van der Waals surface area contributed by atoms with Gasteiger partial charge in [-0.25, -0.2) is 6.57 Å². The lowest BCUT2D eigenvalue weighted by molar-refractivity contribution is -0.120. The molecule has 1 aliphatic carbocycles. The summed E-state index contributed by atoms with van der Waals surface area (Å²) < 4.78 is 0. The van der Waals surface area contributed by atoms with Crippen LogP contribution in [-0.4, -0.2) is 11.8 Å². The van der Waals surface area contributed by atoms with Gasteiger partial charge in [0, 0.05) is 12.8 Å². The van der Waals surface area contributed by atoms with E-state index in [9.17, 15) is 4.79 Å². The molecule has 0 saturated heterocycles. The summed E-state index contributed by atoms with van der Waals surface area (Å²) >= 11 is 0. The van der Waals surface area contributed by atoms with E-state index in [2.05, 4.69) is 4.85 Å². The molecule has 0 radical (unpaired) electrons. The van der Waals surface area contributed by atoms with Crippen molar-refractivity contribution in [1.82, 2.24) is 0 Å². The van der Waals surface area contributed by atoms with E-state index in [-0.39, 0.29) is 11.7 Å². The quantitative estimate of drug-likeness (QED) is 0.507. The van der Waals surface area contributed by atoms with Crippen molar-refractivity contribution in [3.63, 3.8) is 0 Å². The molecule has 0 aromatic heterocycles. The maximum absolute atomic E-state index is 10.9. The summed E-state index contributed by atoms with van der Waals surface area (Å²) in [5.41, 5.74) is 0. The van der Waals surface area contributed by atoms with E-state index in [1.807, 2.05) is 0 Å². The molecule has 0 spiro atoms. The molecule has 0 N–H and O–H groups in total. The van der Waals surface area contributed by atoms with Gasteiger partial charge >= 0.3 is 0 Å². The molecular formula is C7H9NO. The van der Waals surface area contributed by atoms with E-state index in [1.54, 1.807) is 6.92 Å². The Balaban J connectivity index is 2.42. The summed E-state index contributed by atoms with van der Waals surface area (Å²) in [5.74, 6) is 0.388. The largest absolute Gasteiger partial charge is 0.306 e. The Morgan fingerprint density at radius 1 is 1.78 bits per heavy atom. The topological polar surface area (TPSA) is 21.4 Å². The average molecular weight is 123 g/mol. The van der Waals surface area contributed by atoms with Crippen molar-refractivity contribution < 1.29 is 4.79 Å². The van der Waals surface area contributed by atoms with Crippen LogP contribution in [0.5, 0.6) is 0 Å². The first kappa shape index (κ1) is 6.28. The van der Waals surface area contributed by atoms with Crippen molar-refractivity contribution in [2.24, 2.45) is 5.92 Å². The van der Waals surface area contributed by atoms with Crippen molar-refractivity contribution in [2.45, 2.75) is 25.8 Å². The van der Waals surface area contributed by atoms with Crippen molar-refractivity contribution in [3.8, 4) is 0 Å². The lowest BCUT2D eigenvalue weighted by Crippen LogP contribution is -2.13. The molecule has 0 aromatic carbocycles. The van der Waals surface area contributed by atoms with Crippen LogP contribution in [0, 0.1) is 12.5 Å². The van der Waals surface area contributed by atoms with Gasteiger partial charge in [-0.05, 0) is 12.8 Å². The molecule has 1 atom stereocenters. The summed E-state index contributed by atoms with van der Waals surface area (Å²) in [6.07, 6.45) is 2.03. The monoisotopic (exact) mass is 123 g/mol. The van der Waals surface area contributed by atoms with Crippen molar-refractivity contribution in [1.29, 1.82) is 0 Å². The van der Waals surface area contributed by atoms with E-state index >= 15 is 0 Å². The number of carbonyl (C=O) groups is 1. The maximum Gasteiger partial charge on any atom is 0.278 e. The fourth-order valence-electron chi connectivity index (χ4n) is 0.773. The Kier molecular flexibility index (Phi) is 1.52. The van der Waals surface area contributed by atoms with Crippen LogP contribution >= 0.6 is 0 Å². The van der Waals surface area contributed by atoms with Gasteiger partial charge in [-0.1, -0.05) is 0 Å². The fourth-order valence-corrected chi connectivity index (χ4v) is 0.773. The number of nitrogens with zero attached hydrogens (tertiary/aromatic N) is 1. The van der Waals surface area contributed by atoms with Crippen LogP contribution in [0.15, 0.2) is 0 Å². The molecule has 0 heterocycles. The zero-order chi connectivity index (χ0) is 6.85. The van der Waals surface area contributed by atoms with Gasteiger partial charge in [-0.3, -0.25) is 4.79 Å². The first-order chi connectivity index (χ1) is 4.25. The predicted octanol–water partition coefficient (Wildman–Crippen LogP) is 1.27. The Labute approximate surface area is 54.7 Å². The minimum absolute atomic E-state index is 0.144. The first-order valence-electron chi connectivity index (χ1n) is 3.16. The molecule has 9 heavy (non-hydrogen) atoms. The number of ketones is 1. The van der Waals surface area contributed by atoms with E-state index in [4.69, 9.17) is 6.57 Å². The number of hydrogen-bond donors (Lipinski definition) is 0. The zero-order valence-corrected chi connectivity index (χ0v) is 5.42. The molecule has 48 valence electrons. The molecule has 1 fully saturated rings. The Morgan fingerprint density at radius 3 is 2.67 bits per heavy atom. The zero-order valence-electron chi connectivity index (χ0n) is 5.42. The SMILES string of the molecule is [C-]#[N+]C(C)C(=O)C1CC1. The lowest BCUT2D eigenvalue weighted by Gasteiger charge is -1.92. The third kappa shape index (κ3) is 1.29. The molecule has 2 heteroatoms. The van der Waals surface area contributed by atoms with Crippen molar-refractivity contribution in [3.05, 3.63) is 11.4 Å². The van der Waals surface area contributed by atoms with Crippen molar-refractivity contribution in [2.75, 3.05) is 0 Å². The van der Waals surface area contributed by atoms with Crippen molar-refractivity contribution >= 4 is 5.78 Å². The normalized spacial score (nSPS) is 20.4. The second-order valence-corrected chi connectivity index (χ2v) is 2.48. The number of hydrogen-bond acceptors (Lipinski definition) is 1. The van der Waals surface area contributed by atoms with Crippen LogP contribution in [0.3, 0.4) is 0 Å². The van der Waals surface area contributed by atoms with Crippen LogP contribution < -0.4 is 0 Å². The molecular weight excluding hydrogens is 114 g/mol. The fraction of sp³-hybridized carbons (Fsp3) is 0.714. The van der Waals surface area contributed by atoms with Gasteiger partial charge in [0.05, 0.1) is 0 Å². The third-order valence-electron chi connectivity index (χ3n) is 1.59. The summed E-state index contributed by atoms with van der Waals surface area (Å²) in [6.45, 7) is 8.24. The van der Waals surface area contributed by atoms with E-state index in [0.717, 1.165) is 12.8 Å². The van der Waals surface area contributed by atoms with Crippen LogP contribution in [-0.2, 0) is 4.79 Å². The first-order valence-corrected chi connectivity index (χ1v) is 3.16. The second kappa shape index (κ2) is 2.18. The molecule has 0 amide bonds. The van der Waals surface area contributed by atoms with E-state index in [0.29, 0.717) is 0 Å². The van der Waals surface area contributed by atoms with Crippen LogP contribution in [0.1, 0.15) is 19.8 Å². The van der Waals surface area contributed by atoms with E-state index < -0.39 is 6.04 Å². The minimum atomic E-state index is -0.391. The number of Topliss-reactive ketones (excluding diaryl/α,β-unsaturated/α-hetero) is 1. The highest BCUT2D eigenvalue weighted by Crippen LogP contribution is 2.31. The van der Waals surface area contributed by atoms with Gasteiger partial charge in [0.25, 0.3) is 6.04 Å².